The van der Waals surface area contributed by atoms with E-state index >= 15 is 0 Å². The molecule has 0 radical (unpaired) electrons. The maximum atomic E-state index is 12.9. The molecule has 0 amide bonds. The molecule has 0 aliphatic rings. The number of aliphatic hydroxyl groups excluding tert-OH is 1. The van der Waals surface area contributed by atoms with Crippen LogP contribution in [0.3, 0.4) is 0 Å². The van der Waals surface area contributed by atoms with Crippen molar-refractivity contribution in [2.45, 2.75) is 25.2 Å². The molecule has 0 aliphatic heterocycles. The van der Waals surface area contributed by atoms with Crippen molar-refractivity contribution in [2.75, 3.05) is 54.5 Å². The summed E-state index contributed by atoms with van der Waals surface area (Å²) in [7, 11) is -1.99. The van der Waals surface area contributed by atoms with Crippen LogP contribution in [0.2, 0.25) is 0 Å². The molecule has 2 rings (SSSR count). The molecule has 0 unspecified atom stereocenters. The monoisotopic (exact) mass is 600 g/mol. The highest BCUT2D eigenvalue weighted by Gasteiger charge is 2.16. The molecule has 1 N–H and O–H groups in total. The van der Waals surface area contributed by atoms with E-state index in [9.17, 15) is 22.9 Å². The summed E-state index contributed by atoms with van der Waals surface area (Å²) in [6.45, 7) is 2.92. The fourth-order valence-electron chi connectivity index (χ4n) is 3.48. The molecule has 0 aliphatic carbocycles. The number of sulfone groups is 1. The Labute approximate surface area is 235 Å². The number of hydrogen-bond donors (Lipinski definition) is 1. The van der Waals surface area contributed by atoms with E-state index in [-0.39, 0.29) is 24.7 Å². The zero-order valence-electron chi connectivity index (χ0n) is 23.4. The highest BCUT2D eigenvalue weighted by Crippen LogP contribution is 2.37. The first-order chi connectivity index (χ1) is 18.9. The molecule has 0 saturated carbocycles. The molecule has 2 aromatic rings. The van der Waals surface area contributed by atoms with Crippen molar-refractivity contribution in [1.82, 2.24) is 0 Å². The van der Waals surface area contributed by atoms with Crippen molar-refractivity contribution < 1.29 is 51.1 Å². The number of carbonyl (C=O) groups excluding carboxylic acids is 1. The Morgan fingerprint density at radius 1 is 0.900 bits per heavy atom. The van der Waals surface area contributed by atoms with E-state index < -0.39 is 29.8 Å². The van der Waals surface area contributed by atoms with Gasteiger partial charge in [0.15, 0.2) is 35.3 Å². The molecule has 0 saturated heterocycles. The Morgan fingerprint density at radius 2 is 1.50 bits per heavy atom. The van der Waals surface area contributed by atoms with Crippen LogP contribution in [0.5, 0.6) is 23.0 Å². The third-order valence-corrected chi connectivity index (χ3v) is 7.46. The molecule has 0 heterocycles. The van der Waals surface area contributed by atoms with Crippen molar-refractivity contribution in [3.63, 3.8) is 0 Å². The first-order valence-electron chi connectivity index (χ1n) is 12.3. The van der Waals surface area contributed by atoms with Crippen LogP contribution in [-0.2, 0) is 40.8 Å². The maximum absolute atomic E-state index is 12.9. The van der Waals surface area contributed by atoms with Gasteiger partial charge in [-0.2, -0.15) is 0 Å². The van der Waals surface area contributed by atoms with E-state index in [0.717, 1.165) is 5.41 Å². The van der Waals surface area contributed by atoms with Gasteiger partial charge in [0, 0.05) is 18.7 Å². The van der Waals surface area contributed by atoms with Crippen LogP contribution in [0.4, 0.5) is 0 Å². The van der Waals surface area contributed by atoms with Gasteiger partial charge in [0.05, 0.1) is 52.5 Å². The molecule has 0 spiro atoms. The van der Waals surface area contributed by atoms with E-state index in [1.165, 1.54) is 46.8 Å². The lowest BCUT2D eigenvalue weighted by Crippen LogP contribution is -2.16. The van der Waals surface area contributed by atoms with Crippen LogP contribution in [0.1, 0.15) is 29.5 Å². The van der Waals surface area contributed by atoms with Crippen LogP contribution in [0.15, 0.2) is 35.7 Å². The van der Waals surface area contributed by atoms with Gasteiger partial charge in [-0.05, 0) is 54.3 Å². The zero-order chi connectivity index (χ0) is 29.8. The fraction of sp³-hybridized carbons (Fsp3) is 0.444. The molecule has 0 bridgehead atoms. The number of methoxy groups -OCH3 is 3. The Morgan fingerprint density at radius 3 is 2.08 bits per heavy atom. The third kappa shape index (κ3) is 11.2. The Hall–Kier alpha value is -3.05. The molecule has 40 heavy (non-hydrogen) atoms. The number of unbranched alkanes of at least 4 members (excludes halogenated alkanes) is 1. The first-order valence-corrected chi connectivity index (χ1v) is 16.6. The van der Waals surface area contributed by atoms with Crippen LogP contribution in [-0.4, -0.2) is 74.0 Å². The summed E-state index contributed by atoms with van der Waals surface area (Å²) >= 11 is 0. The van der Waals surface area contributed by atoms with Crippen molar-refractivity contribution in [3.05, 3.63) is 52.4 Å². The second-order valence-electron chi connectivity index (χ2n) is 8.97. The van der Waals surface area contributed by atoms with E-state index in [0.29, 0.717) is 53.4 Å². The molecule has 2 aromatic carbocycles. The Balaban J connectivity index is 2.03. The van der Waals surface area contributed by atoms with Crippen LogP contribution in [0.25, 0.3) is 6.08 Å². The van der Waals surface area contributed by atoms with Crippen molar-refractivity contribution >= 4 is 29.3 Å². The largest absolute Gasteiger partial charge is 0.496 e. The predicted octanol–water partition coefficient (Wildman–Crippen LogP) is 4.05. The van der Waals surface area contributed by atoms with Gasteiger partial charge in [0.25, 0.3) is 0 Å². The van der Waals surface area contributed by atoms with Gasteiger partial charge in [-0.25, -0.2) is 13.2 Å². The van der Waals surface area contributed by atoms with Crippen LogP contribution >= 0.6 is 7.37 Å². The number of carbonyl (C=O) groups is 1. The SMILES string of the molecule is COc1ccc(CS(=O)(=O)/C=C/c2c(OC)cc(CO)cc2OC)cc1OCC(=O)OCCCCOP(C)(C)=O. The lowest BCUT2D eigenvalue weighted by atomic mass is 10.1. The molecule has 13 heteroatoms. The van der Waals surface area contributed by atoms with Gasteiger partial charge in [-0.3, -0.25) is 4.57 Å². The standard InChI is InChI=1S/C27H37O11PS/c1-33-23-9-8-20(14-26(23)37-18-27(29)36-11-6-7-12-38-39(4,5)30)19-40(31,32)13-10-22-24(34-2)15-21(17-28)16-25(22)35-3/h8-10,13-16,28H,6-7,11-12,17-19H2,1-5H3/b13-10+. The second-order valence-corrected chi connectivity index (χ2v) is 13.6. The molecule has 0 fully saturated rings. The average Bonchev–Trinajstić information content (AvgIpc) is 2.91. The molecular weight excluding hydrogens is 563 g/mol. The highest BCUT2D eigenvalue weighted by atomic mass is 32.2. The minimum absolute atomic E-state index is 0.156. The number of ether oxygens (including phenoxy) is 5. The lowest BCUT2D eigenvalue weighted by Gasteiger charge is -2.13. The molecule has 0 atom stereocenters. The molecule has 222 valence electrons. The minimum Gasteiger partial charge on any atom is -0.496 e. The predicted molar refractivity (Wildman–Crippen MR) is 151 cm³/mol. The number of hydrogen-bond acceptors (Lipinski definition) is 11. The van der Waals surface area contributed by atoms with Gasteiger partial charge >= 0.3 is 5.97 Å². The summed E-state index contributed by atoms with van der Waals surface area (Å²) in [5.41, 5.74) is 1.37. The Kier molecular flexibility index (Phi) is 13.0. The molecule has 11 nitrogen and oxygen atoms in total. The van der Waals surface area contributed by atoms with Crippen molar-refractivity contribution in [2.24, 2.45) is 0 Å². The number of benzene rings is 2. The van der Waals surface area contributed by atoms with Crippen molar-refractivity contribution in [3.8, 4) is 23.0 Å². The summed E-state index contributed by atoms with van der Waals surface area (Å²) in [6, 6.07) is 7.81. The molecule has 0 aromatic heterocycles. The zero-order valence-corrected chi connectivity index (χ0v) is 25.1. The third-order valence-electron chi connectivity index (χ3n) is 5.37. The van der Waals surface area contributed by atoms with Gasteiger partial charge < -0.3 is 33.3 Å². The minimum atomic E-state index is -3.75. The van der Waals surface area contributed by atoms with Gasteiger partial charge in [0.1, 0.15) is 11.5 Å². The lowest BCUT2D eigenvalue weighted by molar-refractivity contribution is -0.146. The average molecular weight is 601 g/mol. The topological polar surface area (TPSA) is 144 Å². The summed E-state index contributed by atoms with van der Waals surface area (Å²) < 4.78 is 69.1. The van der Waals surface area contributed by atoms with E-state index in [1.54, 1.807) is 24.3 Å². The summed E-state index contributed by atoms with van der Waals surface area (Å²) in [6.07, 6.45) is 2.51. The van der Waals surface area contributed by atoms with E-state index in [4.69, 9.17) is 28.2 Å². The first kappa shape index (κ1) is 33.2. The van der Waals surface area contributed by atoms with Gasteiger partial charge in [0.2, 0.25) is 0 Å². The van der Waals surface area contributed by atoms with Gasteiger partial charge in [-0.15, -0.1) is 0 Å². The van der Waals surface area contributed by atoms with Crippen LogP contribution in [0, 0.1) is 0 Å². The summed E-state index contributed by atoms with van der Waals surface area (Å²) in [4.78, 5) is 12.1. The smallest absolute Gasteiger partial charge is 0.344 e. The van der Waals surface area contributed by atoms with Crippen LogP contribution < -0.4 is 18.9 Å². The van der Waals surface area contributed by atoms with E-state index in [1.807, 2.05) is 0 Å². The van der Waals surface area contributed by atoms with Gasteiger partial charge in [-0.1, -0.05) is 6.07 Å². The molecular formula is C27H37O11PS. The fourth-order valence-corrected chi connectivity index (χ4v) is 5.13. The summed E-state index contributed by atoms with van der Waals surface area (Å²) in [5, 5.41) is 10.5. The van der Waals surface area contributed by atoms with E-state index in [2.05, 4.69) is 0 Å². The highest BCUT2D eigenvalue weighted by molar-refractivity contribution is 7.93. The second kappa shape index (κ2) is 15.7. The normalized spacial score (nSPS) is 11.8. The summed E-state index contributed by atoms with van der Waals surface area (Å²) in [5.74, 6) is 0.261. The maximum Gasteiger partial charge on any atom is 0.344 e. The number of esters is 1. The Bertz CT molecular complexity index is 1290. The quantitative estimate of drug-likeness (QED) is 0.160. The number of aliphatic hydroxyl groups is 1. The number of rotatable bonds is 17. The van der Waals surface area contributed by atoms with Crippen molar-refractivity contribution in [1.29, 1.82) is 0 Å².